The number of nitro groups is 2. The summed E-state index contributed by atoms with van der Waals surface area (Å²) in [5.41, 5.74) is 1.15. The van der Waals surface area contributed by atoms with E-state index in [9.17, 15) is 39.4 Å². The third kappa shape index (κ3) is 10.0. The van der Waals surface area contributed by atoms with Crippen molar-refractivity contribution in [1.82, 2.24) is 19.6 Å². The Bertz CT molecular complexity index is 2110. The standard InChI is InChI=1S/C42H44N6O12/c1-43(2)23-21-41(27-45(25-29-13-17-31(18-14-29)47(53)54)37(49)33-9-5-7-11-35(33)57-41)59-39(51)40(52)60-42(22-24-44(3)4)28-46(26-30-15-19-32(20-16-30)48(55)56)38(50)34-10-6-8-12-36(34)58-42/h5-20H,21-28H2,1-4H3. The molecule has 2 atom stereocenters. The number of carbonyl (C=O) groups is 4. The number of nitrogens with zero attached hydrogens (tertiary/aromatic N) is 6. The molecule has 2 unspecified atom stereocenters. The predicted octanol–water partition coefficient (Wildman–Crippen LogP) is 4.66. The van der Waals surface area contributed by atoms with Gasteiger partial charge in [-0.05, 0) is 63.6 Å². The van der Waals surface area contributed by atoms with Gasteiger partial charge in [-0.3, -0.25) is 29.8 Å². The molecule has 18 nitrogen and oxygen atoms in total. The fourth-order valence-corrected chi connectivity index (χ4v) is 6.82. The molecule has 0 N–H and O–H groups in total. The van der Waals surface area contributed by atoms with Crippen LogP contribution in [0, 0.1) is 20.2 Å². The van der Waals surface area contributed by atoms with Crippen LogP contribution in [0.5, 0.6) is 11.5 Å². The highest BCUT2D eigenvalue weighted by Gasteiger charge is 2.49. The van der Waals surface area contributed by atoms with Gasteiger partial charge in [0.15, 0.2) is 0 Å². The summed E-state index contributed by atoms with van der Waals surface area (Å²) < 4.78 is 24.9. The van der Waals surface area contributed by atoms with Crippen LogP contribution >= 0.6 is 0 Å². The van der Waals surface area contributed by atoms with Crippen molar-refractivity contribution in [3.63, 3.8) is 0 Å². The fourth-order valence-electron chi connectivity index (χ4n) is 6.82. The number of hydrogen-bond donors (Lipinski definition) is 0. The van der Waals surface area contributed by atoms with Crippen LogP contribution in [0.25, 0.3) is 0 Å². The maximum Gasteiger partial charge on any atom is 0.420 e. The molecule has 0 saturated carbocycles. The van der Waals surface area contributed by atoms with E-state index in [4.69, 9.17) is 18.9 Å². The first-order valence-corrected chi connectivity index (χ1v) is 18.9. The lowest BCUT2D eigenvalue weighted by atomic mass is 10.1. The fraction of sp³-hybridized carbons (Fsp3) is 0.333. The number of nitro benzene ring substituents is 2. The highest BCUT2D eigenvalue weighted by molar-refractivity contribution is 6.30. The highest BCUT2D eigenvalue weighted by Crippen LogP contribution is 2.36. The van der Waals surface area contributed by atoms with Gasteiger partial charge in [-0.2, -0.15) is 0 Å². The molecule has 0 radical (unpaired) electrons. The lowest BCUT2D eigenvalue weighted by Gasteiger charge is -2.37. The number of ether oxygens (including phenoxy) is 4. The Labute approximate surface area is 345 Å². The van der Waals surface area contributed by atoms with Gasteiger partial charge >= 0.3 is 11.9 Å². The van der Waals surface area contributed by atoms with Crippen LogP contribution in [0.2, 0.25) is 0 Å². The summed E-state index contributed by atoms with van der Waals surface area (Å²) in [5, 5.41) is 22.6. The van der Waals surface area contributed by atoms with E-state index in [0.717, 1.165) is 0 Å². The molecule has 4 aromatic rings. The maximum atomic E-state index is 14.2. The molecule has 0 spiro atoms. The molecule has 0 aromatic heterocycles. The van der Waals surface area contributed by atoms with E-state index in [-0.39, 0.29) is 86.1 Å². The second-order valence-electron chi connectivity index (χ2n) is 15.1. The molecule has 0 fully saturated rings. The SMILES string of the molecule is CN(C)CCC1(OC(=O)C(=O)OC2(CCN(C)C)CN(Cc3ccc([N+](=O)[O-])cc3)C(=O)c3ccccc3O2)CN(Cc2ccc([N+](=O)[O-])cc2)C(=O)c2ccccc2O1. The van der Waals surface area contributed by atoms with Gasteiger partial charge in [0, 0.05) is 63.3 Å². The van der Waals surface area contributed by atoms with Crippen LogP contribution in [-0.4, -0.2) is 119 Å². The third-order valence-electron chi connectivity index (χ3n) is 9.91. The Hall–Kier alpha value is -6.92. The molecule has 18 heteroatoms. The molecule has 4 aromatic carbocycles. The number of non-ortho nitro benzene ring substituents is 2. The Kier molecular flexibility index (Phi) is 12.7. The van der Waals surface area contributed by atoms with Gasteiger partial charge in [-0.25, -0.2) is 9.59 Å². The van der Waals surface area contributed by atoms with E-state index < -0.39 is 45.2 Å². The minimum atomic E-state index is -1.95. The number of benzene rings is 4. The molecule has 6 rings (SSSR count). The zero-order valence-electron chi connectivity index (χ0n) is 33.5. The summed E-state index contributed by atoms with van der Waals surface area (Å²) in [4.78, 5) is 84.4. The van der Waals surface area contributed by atoms with Crippen molar-refractivity contribution in [1.29, 1.82) is 0 Å². The van der Waals surface area contributed by atoms with Gasteiger partial charge in [0.05, 0.1) is 34.1 Å². The second kappa shape index (κ2) is 17.9. The van der Waals surface area contributed by atoms with E-state index >= 15 is 0 Å². The van der Waals surface area contributed by atoms with Crippen molar-refractivity contribution in [2.24, 2.45) is 0 Å². The van der Waals surface area contributed by atoms with Crippen molar-refractivity contribution in [2.45, 2.75) is 37.5 Å². The lowest BCUT2D eigenvalue weighted by molar-refractivity contribution is -0.385. The van der Waals surface area contributed by atoms with Crippen molar-refractivity contribution in [2.75, 3.05) is 54.4 Å². The normalized spacial score (nSPS) is 18.7. The Morgan fingerprint density at radius 1 is 0.617 bits per heavy atom. The minimum absolute atomic E-state index is 0.0233. The molecule has 2 aliphatic rings. The number of esters is 2. The number of rotatable bonds is 14. The topological polar surface area (TPSA) is 204 Å². The van der Waals surface area contributed by atoms with Gasteiger partial charge in [0.1, 0.15) is 11.5 Å². The quantitative estimate of drug-likeness (QED) is 0.0735. The first kappa shape index (κ1) is 42.7. The summed E-state index contributed by atoms with van der Waals surface area (Å²) in [6.07, 6.45) is -0.0465. The molecule has 2 amide bonds. The summed E-state index contributed by atoms with van der Waals surface area (Å²) >= 11 is 0. The van der Waals surface area contributed by atoms with Crippen molar-refractivity contribution in [3.05, 3.63) is 140 Å². The van der Waals surface area contributed by atoms with E-state index in [1.165, 1.54) is 58.3 Å². The lowest BCUT2D eigenvalue weighted by Crippen LogP contribution is -2.55. The van der Waals surface area contributed by atoms with Crippen molar-refractivity contribution in [3.8, 4) is 11.5 Å². The van der Waals surface area contributed by atoms with Gasteiger partial charge < -0.3 is 38.5 Å². The first-order valence-electron chi connectivity index (χ1n) is 18.9. The van der Waals surface area contributed by atoms with Crippen molar-refractivity contribution >= 4 is 35.1 Å². The number of para-hydroxylation sites is 2. The molecule has 60 heavy (non-hydrogen) atoms. The zero-order valence-corrected chi connectivity index (χ0v) is 33.5. The van der Waals surface area contributed by atoms with Crippen LogP contribution in [-0.2, 0) is 32.2 Å². The van der Waals surface area contributed by atoms with Crippen LogP contribution in [0.3, 0.4) is 0 Å². The monoisotopic (exact) mass is 824 g/mol. The highest BCUT2D eigenvalue weighted by atomic mass is 16.8. The average Bonchev–Trinajstić information content (AvgIpc) is 3.40. The largest absolute Gasteiger partial charge is 0.449 e. The molecule has 2 aliphatic heterocycles. The molecule has 2 heterocycles. The van der Waals surface area contributed by atoms with Gasteiger partial charge in [0.2, 0.25) is 0 Å². The van der Waals surface area contributed by atoms with E-state index in [1.54, 1.807) is 86.5 Å². The van der Waals surface area contributed by atoms with Crippen LogP contribution in [0.15, 0.2) is 97.1 Å². The number of carbonyl (C=O) groups excluding carboxylic acids is 4. The smallest absolute Gasteiger partial charge is 0.420 e. The molecule has 0 saturated heterocycles. The maximum absolute atomic E-state index is 14.2. The number of amides is 2. The number of fused-ring (bicyclic) bond motifs is 2. The molecule has 314 valence electrons. The molecular formula is C42H44N6O12. The van der Waals surface area contributed by atoms with Crippen LogP contribution < -0.4 is 9.47 Å². The van der Waals surface area contributed by atoms with E-state index in [0.29, 0.717) is 11.1 Å². The zero-order chi connectivity index (χ0) is 43.2. The summed E-state index contributed by atoms with van der Waals surface area (Å²) in [6.45, 7) is -0.262. The first-order chi connectivity index (χ1) is 28.6. The second-order valence-corrected chi connectivity index (χ2v) is 15.1. The van der Waals surface area contributed by atoms with Gasteiger partial charge in [0.25, 0.3) is 34.8 Å². The van der Waals surface area contributed by atoms with E-state index in [2.05, 4.69) is 0 Å². The van der Waals surface area contributed by atoms with Crippen LogP contribution in [0.4, 0.5) is 11.4 Å². The summed E-state index contributed by atoms with van der Waals surface area (Å²) in [7, 11) is 7.14. The average molecular weight is 825 g/mol. The Morgan fingerprint density at radius 3 is 1.30 bits per heavy atom. The van der Waals surface area contributed by atoms with E-state index in [1.807, 2.05) is 0 Å². The molecule has 0 aliphatic carbocycles. The minimum Gasteiger partial charge on any atom is -0.449 e. The van der Waals surface area contributed by atoms with Crippen LogP contribution in [0.1, 0.15) is 44.7 Å². The Morgan fingerprint density at radius 2 is 0.967 bits per heavy atom. The predicted molar refractivity (Wildman–Crippen MR) is 214 cm³/mol. The molecule has 0 bridgehead atoms. The third-order valence-corrected chi connectivity index (χ3v) is 9.91. The van der Waals surface area contributed by atoms with Crippen molar-refractivity contribution < 1.29 is 48.0 Å². The Balaban J connectivity index is 1.34. The summed E-state index contributed by atoms with van der Waals surface area (Å²) in [5.74, 6) is -7.57. The molecular weight excluding hydrogens is 780 g/mol. The van der Waals surface area contributed by atoms with Gasteiger partial charge in [-0.1, -0.05) is 48.5 Å². The van der Waals surface area contributed by atoms with Gasteiger partial charge in [-0.15, -0.1) is 0 Å². The number of hydrogen-bond acceptors (Lipinski definition) is 14. The summed E-state index contributed by atoms with van der Waals surface area (Å²) in [6, 6.07) is 24.1.